The molecule has 1 rings (SSSR count). The summed E-state index contributed by atoms with van der Waals surface area (Å²) in [5.74, 6) is 1.29. The molecule has 0 fully saturated rings. The normalized spacial score (nSPS) is 9.73. The van der Waals surface area contributed by atoms with Gasteiger partial charge in [0.2, 0.25) is 0 Å². The van der Waals surface area contributed by atoms with Crippen LogP contribution in [-0.4, -0.2) is 20.0 Å². The van der Waals surface area contributed by atoms with Crippen LogP contribution in [0.5, 0.6) is 11.5 Å². The number of aldehydes is 1. The van der Waals surface area contributed by atoms with Gasteiger partial charge in [-0.05, 0) is 24.6 Å². The minimum Gasteiger partial charge on any atom is -0.496 e. The highest BCUT2D eigenvalue weighted by Crippen LogP contribution is 2.22. The van der Waals surface area contributed by atoms with Crippen molar-refractivity contribution in [2.45, 2.75) is 19.8 Å². The van der Waals surface area contributed by atoms with Gasteiger partial charge >= 0.3 is 0 Å². The number of hydrogen-bond donors (Lipinski definition) is 0. The predicted molar refractivity (Wildman–Crippen MR) is 58.8 cm³/mol. The van der Waals surface area contributed by atoms with E-state index in [-0.39, 0.29) is 0 Å². The number of hydrogen-bond acceptors (Lipinski definition) is 3. The Balaban J connectivity index is 2.70. The minimum absolute atomic E-state index is 0.520. The molecule has 0 aliphatic carbocycles. The van der Waals surface area contributed by atoms with Crippen molar-refractivity contribution < 1.29 is 14.3 Å². The highest BCUT2D eigenvalue weighted by atomic mass is 16.5. The van der Waals surface area contributed by atoms with Crippen LogP contribution >= 0.6 is 0 Å². The monoisotopic (exact) mass is 208 g/mol. The van der Waals surface area contributed by atoms with E-state index >= 15 is 0 Å². The van der Waals surface area contributed by atoms with E-state index < -0.39 is 0 Å². The molecule has 0 N–H and O–H groups in total. The number of methoxy groups -OCH3 is 1. The van der Waals surface area contributed by atoms with Crippen LogP contribution in [-0.2, 0) is 0 Å². The highest BCUT2D eigenvalue weighted by molar-refractivity contribution is 5.80. The van der Waals surface area contributed by atoms with Gasteiger partial charge in [0, 0.05) is 0 Å². The molecule has 0 atom stereocenters. The summed E-state index contributed by atoms with van der Waals surface area (Å²) < 4.78 is 10.5. The lowest BCUT2D eigenvalue weighted by atomic mass is 10.2. The second-order valence-electron chi connectivity index (χ2n) is 3.22. The first-order chi connectivity index (χ1) is 7.31. The smallest absolute Gasteiger partial charge is 0.153 e. The summed E-state index contributed by atoms with van der Waals surface area (Å²) >= 11 is 0. The number of unbranched alkanes of at least 4 members (excludes halogenated alkanes) is 1. The van der Waals surface area contributed by atoms with Gasteiger partial charge in [0.05, 0.1) is 19.3 Å². The summed E-state index contributed by atoms with van der Waals surface area (Å²) in [6.45, 7) is 2.79. The Morgan fingerprint density at radius 3 is 2.80 bits per heavy atom. The molecule has 0 aliphatic rings. The van der Waals surface area contributed by atoms with Crippen LogP contribution in [0, 0.1) is 0 Å². The lowest BCUT2D eigenvalue weighted by Gasteiger charge is -2.08. The molecule has 3 heteroatoms. The van der Waals surface area contributed by atoms with Crippen molar-refractivity contribution in [3.8, 4) is 11.5 Å². The third kappa shape index (κ3) is 3.27. The average molecular weight is 208 g/mol. The zero-order valence-electron chi connectivity index (χ0n) is 9.16. The van der Waals surface area contributed by atoms with Gasteiger partial charge < -0.3 is 9.47 Å². The number of ether oxygens (including phenoxy) is 2. The van der Waals surface area contributed by atoms with Crippen molar-refractivity contribution in [3.05, 3.63) is 23.8 Å². The van der Waals surface area contributed by atoms with Crippen molar-refractivity contribution >= 4 is 6.29 Å². The van der Waals surface area contributed by atoms with E-state index in [1.165, 1.54) is 0 Å². The fourth-order valence-corrected chi connectivity index (χ4v) is 1.23. The molecule has 0 heterocycles. The van der Waals surface area contributed by atoms with Gasteiger partial charge in [-0.2, -0.15) is 0 Å². The minimum atomic E-state index is 0.520. The maximum absolute atomic E-state index is 10.7. The summed E-state index contributed by atoms with van der Waals surface area (Å²) in [4.78, 5) is 10.7. The molecule has 0 unspecified atom stereocenters. The van der Waals surface area contributed by atoms with E-state index in [1.807, 2.05) is 6.07 Å². The van der Waals surface area contributed by atoms with E-state index in [9.17, 15) is 4.79 Å². The Morgan fingerprint density at radius 2 is 2.20 bits per heavy atom. The summed E-state index contributed by atoms with van der Waals surface area (Å²) in [5, 5.41) is 0. The average Bonchev–Trinajstić information content (AvgIpc) is 2.29. The van der Waals surface area contributed by atoms with E-state index in [1.54, 1.807) is 19.2 Å². The fourth-order valence-electron chi connectivity index (χ4n) is 1.23. The molecule has 0 saturated carbocycles. The molecule has 1 aromatic carbocycles. The molecule has 1 aromatic rings. The largest absolute Gasteiger partial charge is 0.496 e. The maximum atomic E-state index is 10.7. The first-order valence-electron chi connectivity index (χ1n) is 5.07. The van der Waals surface area contributed by atoms with Crippen molar-refractivity contribution in [1.82, 2.24) is 0 Å². The van der Waals surface area contributed by atoms with Crippen LogP contribution < -0.4 is 9.47 Å². The molecular weight excluding hydrogens is 192 g/mol. The molecule has 0 spiro atoms. The third-order valence-corrected chi connectivity index (χ3v) is 2.09. The summed E-state index contributed by atoms with van der Waals surface area (Å²) in [6, 6.07) is 5.24. The van der Waals surface area contributed by atoms with Crippen LogP contribution in [0.2, 0.25) is 0 Å². The van der Waals surface area contributed by atoms with E-state index in [2.05, 4.69) is 6.92 Å². The zero-order valence-corrected chi connectivity index (χ0v) is 9.16. The van der Waals surface area contributed by atoms with Gasteiger partial charge in [-0.1, -0.05) is 13.3 Å². The Hall–Kier alpha value is -1.51. The van der Waals surface area contributed by atoms with Crippen LogP contribution in [0.25, 0.3) is 0 Å². The summed E-state index contributed by atoms with van der Waals surface area (Å²) in [7, 11) is 1.54. The van der Waals surface area contributed by atoms with Gasteiger partial charge in [-0.25, -0.2) is 0 Å². The zero-order chi connectivity index (χ0) is 11.1. The third-order valence-electron chi connectivity index (χ3n) is 2.09. The van der Waals surface area contributed by atoms with Gasteiger partial charge in [0.25, 0.3) is 0 Å². The molecule has 3 nitrogen and oxygen atoms in total. The van der Waals surface area contributed by atoms with E-state index in [0.29, 0.717) is 23.7 Å². The standard InChI is InChI=1S/C12H16O3/c1-3-4-7-15-11-5-6-12(14-2)10(8-11)9-13/h5-6,8-9H,3-4,7H2,1-2H3. The topological polar surface area (TPSA) is 35.5 Å². The molecule has 0 bridgehead atoms. The van der Waals surface area contributed by atoms with Gasteiger partial charge in [0.1, 0.15) is 11.5 Å². The Kier molecular flexibility index (Phi) is 4.68. The van der Waals surface area contributed by atoms with E-state index in [0.717, 1.165) is 19.1 Å². The van der Waals surface area contributed by atoms with Crippen molar-refractivity contribution in [3.63, 3.8) is 0 Å². The maximum Gasteiger partial charge on any atom is 0.153 e. The molecule has 0 amide bonds. The molecule has 0 saturated heterocycles. The van der Waals surface area contributed by atoms with Crippen molar-refractivity contribution in [2.75, 3.05) is 13.7 Å². The fraction of sp³-hybridized carbons (Fsp3) is 0.417. The van der Waals surface area contributed by atoms with Crippen molar-refractivity contribution in [1.29, 1.82) is 0 Å². The van der Waals surface area contributed by atoms with Crippen LogP contribution in [0.15, 0.2) is 18.2 Å². The molecular formula is C12H16O3. The number of rotatable bonds is 6. The SMILES string of the molecule is CCCCOc1ccc(OC)c(C=O)c1. The second kappa shape index (κ2) is 6.06. The van der Waals surface area contributed by atoms with Crippen LogP contribution in [0.1, 0.15) is 30.1 Å². The molecule has 0 aliphatic heterocycles. The Bertz CT molecular complexity index is 321. The number of carbonyl (C=O) groups is 1. The molecule has 0 aromatic heterocycles. The molecule has 0 radical (unpaired) electrons. The molecule has 15 heavy (non-hydrogen) atoms. The second-order valence-corrected chi connectivity index (χ2v) is 3.22. The summed E-state index contributed by atoms with van der Waals surface area (Å²) in [6.07, 6.45) is 2.88. The number of benzene rings is 1. The van der Waals surface area contributed by atoms with Gasteiger partial charge in [-0.15, -0.1) is 0 Å². The van der Waals surface area contributed by atoms with Crippen LogP contribution in [0.3, 0.4) is 0 Å². The summed E-state index contributed by atoms with van der Waals surface area (Å²) in [5.41, 5.74) is 0.520. The molecule has 82 valence electrons. The van der Waals surface area contributed by atoms with Gasteiger partial charge in [-0.3, -0.25) is 4.79 Å². The first-order valence-corrected chi connectivity index (χ1v) is 5.07. The van der Waals surface area contributed by atoms with Crippen LogP contribution in [0.4, 0.5) is 0 Å². The first kappa shape index (κ1) is 11.6. The lowest BCUT2D eigenvalue weighted by Crippen LogP contribution is -1.98. The Morgan fingerprint density at radius 1 is 1.40 bits per heavy atom. The van der Waals surface area contributed by atoms with Crippen molar-refractivity contribution in [2.24, 2.45) is 0 Å². The highest BCUT2D eigenvalue weighted by Gasteiger charge is 2.03. The Labute approximate surface area is 90.0 Å². The van der Waals surface area contributed by atoms with Gasteiger partial charge in [0.15, 0.2) is 6.29 Å². The van der Waals surface area contributed by atoms with E-state index in [4.69, 9.17) is 9.47 Å². The quantitative estimate of drug-likeness (QED) is 0.532. The predicted octanol–water partition coefficient (Wildman–Crippen LogP) is 2.69. The number of carbonyl (C=O) groups excluding carboxylic acids is 1. The lowest BCUT2D eigenvalue weighted by molar-refractivity contribution is 0.112.